The molecule has 2 amide bonds. The summed E-state index contributed by atoms with van der Waals surface area (Å²) in [5.74, 6) is -0.472. The fourth-order valence-corrected chi connectivity index (χ4v) is 3.69. The Morgan fingerprint density at radius 3 is 2.86 bits per heavy atom. The highest BCUT2D eigenvalue weighted by atomic mass is 79.9. The van der Waals surface area contributed by atoms with Crippen molar-refractivity contribution in [1.82, 2.24) is 10.6 Å². The van der Waals surface area contributed by atoms with Crippen molar-refractivity contribution in [3.8, 4) is 5.75 Å². The number of methoxy groups -OCH3 is 1. The molecule has 1 aromatic rings. The van der Waals surface area contributed by atoms with E-state index < -0.39 is 23.7 Å². The smallest absolute Gasteiger partial charge is 0.318 e. The highest BCUT2D eigenvalue weighted by Crippen LogP contribution is 2.48. The zero-order valence-electron chi connectivity index (χ0n) is 11.8. The monoisotopic (exact) mass is 354 g/mol. The number of amides is 2. The number of fused-ring (bicyclic) bond motifs is 4. The number of hydrogen-bond acceptors (Lipinski definition) is 4. The van der Waals surface area contributed by atoms with E-state index in [-0.39, 0.29) is 6.03 Å². The molecule has 2 heterocycles. The van der Waals surface area contributed by atoms with Gasteiger partial charge in [0.05, 0.1) is 17.6 Å². The molecule has 0 spiro atoms. The number of carbonyl (C=O) groups excluding carboxylic acids is 2. The zero-order chi connectivity index (χ0) is 15.4. The van der Waals surface area contributed by atoms with Crippen LogP contribution < -0.4 is 15.4 Å². The predicted octanol–water partition coefficient (Wildman–Crippen LogP) is 2.01. The van der Waals surface area contributed by atoms with Crippen LogP contribution in [0.15, 0.2) is 16.6 Å². The molecule has 1 saturated heterocycles. The molecule has 3 atom stereocenters. The summed E-state index contributed by atoms with van der Waals surface area (Å²) >= 11 is 3.47. The number of ether oxygens (including phenoxy) is 2. The lowest BCUT2D eigenvalue weighted by Gasteiger charge is -2.49. The number of urea groups is 1. The van der Waals surface area contributed by atoms with Crippen molar-refractivity contribution in [3.63, 3.8) is 0 Å². The Kier molecular flexibility index (Phi) is 3.12. The predicted molar refractivity (Wildman–Crippen MR) is 77.8 cm³/mol. The molecule has 2 aliphatic rings. The van der Waals surface area contributed by atoms with E-state index in [2.05, 4.69) is 26.6 Å². The molecule has 0 aliphatic carbocycles. The second-order valence-corrected chi connectivity index (χ2v) is 6.31. The number of nitrogens with one attached hydrogen (secondary N) is 2. The largest absolute Gasteiger partial charge is 0.469 e. The first-order chi connectivity index (χ1) is 9.85. The highest BCUT2D eigenvalue weighted by molar-refractivity contribution is 9.10. The van der Waals surface area contributed by atoms with E-state index in [9.17, 15) is 9.59 Å². The molecule has 3 rings (SSSR count). The van der Waals surface area contributed by atoms with Crippen LogP contribution >= 0.6 is 15.9 Å². The molecule has 2 aliphatic heterocycles. The minimum absolute atomic E-state index is 0.370. The van der Waals surface area contributed by atoms with Crippen LogP contribution in [0.3, 0.4) is 0 Å². The third-order valence-electron chi connectivity index (χ3n) is 3.90. The maximum absolute atomic E-state index is 12.2. The van der Waals surface area contributed by atoms with E-state index in [0.717, 1.165) is 15.6 Å². The van der Waals surface area contributed by atoms with Gasteiger partial charge in [-0.25, -0.2) is 4.79 Å². The van der Waals surface area contributed by atoms with Crippen LogP contribution in [0.4, 0.5) is 4.79 Å². The van der Waals surface area contributed by atoms with Gasteiger partial charge < -0.3 is 14.8 Å². The number of aryl methyl sites for hydroxylation is 1. The van der Waals surface area contributed by atoms with Gasteiger partial charge in [-0.2, -0.15) is 0 Å². The molecular formula is C14H15BrN2O4. The lowest BCUT2D eigenvalue weighted by Crippen LogP contribution is -2.70. The van der Waals surface area contributed by atoms with Gasteiger partial charge in [0.1, 0.15) is 11.7 Å². The summed E-state index contributed by atoms with van der Waals surface area (Å²) in [4.78, 5) is 24.0. The Balaban J connectivity index is 2.20. The van der Waals surface area contributed by atoms with Crippen LogP contribution in [0.25, 0.3) is 0 Å². The van der Waals surface area contributed by atoms with Gasteiger partial charge in [0.25, 0.3) is 0 Å². The first-order valence-corrected chi connectivity index (χ1v) is 7.30. The minimum Gasteiger partial charge on any atom is -0.469 e. The van der Waals surface area contributed by atoms with E-state index in [1.165, 1.54) is 7.11 Å². The van der Waals surface area contributed by atoms with Crippen LogP contribution in [0.5, 0.6) is 5.75 Å². The van der Waals surface area contributed by atoms with Crippen LogP contribution in [0.2, 0.25) is 0 Å². The average Bonchev–Trinajstić information content (AvgIpc) is 2.38. The van der Waals surface area contributed by atoms with Crippen LogP contribution in [-0.4, -0.2) is 24.8 Å². The summed E-state index contributed by atoms with van der Waals surface area (Å²) in [5.41, 5.74) is 0.624. The second-order valence-electron chi connectivity index (χ2n) is 5.45. The van der Waals surface area contributed by atoms with E-state index in [1.807, 2.05) is 19.1 Å². The van der Waals surface area contributed by atoms with E-state index in [4.69, 9.17) is 9.47 Å². The van der Waals surface area contributed by atoms with Gasteiger partial charge in [0, 0.05) is 5.56 Å². The number of carbonyl (C=O) groups is 2. The fraction of sp³-hybridized carbons (Fsp3) is 0.429. The zero-order valence-corrected chi connectivity index (χ0v) is 13.4. The van der Waals surface area contributed by atoms with Crippen molar-refractivity contribution >= 4 is 27.9 Å². The lowest BCUT2D eigenvalue weighted by atomic mass is 9.80. The number of hydrogen-bond donors (Lipinski definition) is 2. The molecule has 6 nitrogen and oxygen atoms in total. The Morgan fingerprint density at radius 2 is 2.19 bits per heavy atom. The Labute approximate surface area is 130 Å². The highest BCUT2D eigenvalue weighted by Gasteiger charge is 2.56. The van der Waals surface area contributed by atoms with E-state index >= 15 is 0 Å². The molecule has 3 unspecified atom stereocenters. The Bertz CT molecular complexity index is 648. The van der Waals surface area contributed by atoms with Gasteiger partial charge >= 0.3 is 12.0 Å². The summed E-state index contributed by atoms with van der Waals surface area (Å²) in [6.07, 6.45) is 0. The summed E-state index contributed by atoms with van der Waals surface area (Å²) in [5, 5.41) is 5.48. The van der Waals surface area contributed by atoms with Crippen molar-refractivity contribution in [2.45, 2.75) is 25.6 Å². The third-order valence-corrected chi connectivity index (χ3v) is 4.49. The molecule has 2 bridgehead atoms. The van der Waals surface area contributed by atoms with Gasteiger partial charge in [0.2, 0.25) is 0 Å². The number of esters is 1. The minimum atomic E-state index is -1.15. The van der Waals surface area contributed by atoms with Crippen molar-refractivity contribution in [2.24, 2.45) is 5.92 Å². The van der Waals surface area contributed by atoms with Crippen LogP contribution in [0.1, 0.15) is 24.1 Å². The maximum Gasteiger partial charge on any atom is 0.318 e. The summed E-state index contributed by atoms with van der Waals surface area (Å²) in [6, 6.07) is 2.98. The van der Waals surface area contributed by atoms with Crippen molar-refractivity contribution in [3.05, 3.63) is 27.7 Å². The van der Waals surface area contributed by atoms with Gasteiger partial charge in [-0.05, 0) is 41.4 Å². The molecule has 0 aromatic heterocycles. The van der Waals surface area contributed by atoms with Crippen LogP contribution in [-0.2, 0) is 9.53 Å². The first-order valence-electron chi connectivity index (χ1n) is 6.51. The third kappa shape index (κ3) is 2.07. The fourth-order valence-electron chi connectivity index (χ4n) is 3.02. The topological polar surface area (TPSA) is 76.7 Å². The van der Waals surface area contributed by atoms with Gasteiger partial charge in [0.15, 0.2) is 5.72 Å². The van der Waals surface area contributed by atoms with Gasteiger partial charge in [-0.15, -0.1) is 0 Å². The number of rotatable bonds is 1. The van der Waals surface area contributed by atoms with Crippen LogP contribution in [0, 0.1) is 12.8 Å². The molecule has 21 heavy (non-hydrogen) atoms. The van der Waals surface area contributed by atoms with Crippen molar-refractivity contribution in [1.29, 1.82) is 0 Å². The molecule has 7 heteroatoms. The van der Waals surface area contributed by atoms with Gasteiger partial charge in [-0.3, -0.25) is 10.1 Å². The molecular weight excluding hydrogens is 340 g/mol. The molecule has 1 aromatic carbocycles. The second kappa shape index (κ2) is 4.62. The number of halogens is 1. The Hall–Kier alpha value is -1.76. The standard InChI is InChI=1S/C14H15BrN2O4/c1-6-4-7-10-9(12(18)20-3)14(2,17-13(19)16-10)21-11(7)8(15)5-6/h4-5,9-10H,1-3H3,(H2,16,17,19). The summed E-state index contributed by atoms with van der Waals surface area (Å²) in [7, 11) is 1.32. The normalized spacial score (nSPS) is 29.6. The van der Waals surface area contributed by atoms with E-state index in [1.54, 1.807) is 6.92 Å². The van der Waals surface area contributed by atoms with Crippen molar-refractivity contribution < 1.29 is 19.1 Å². The SMILES string of the molecule is COC(=O)C1C2NC(=O)NC1(C)Oc1c(Br)cc(C)cc12. The first kappa shape index (κ1) is 14.2. The molecule has 2 N–H and O–H groups in total. The maximum atomic E-state index is 12.2. The Morgan fingerprint density at radius 1 is 1.48 bits per heavy atom. The molecule has 0 radical (unpaired) electrons. The lowest BCUT2D eigenvalue weighted by molar-refractivity contribution is -0.160. The average molecular weight is 355 g/mol. The van der Waals surface area contributed by atoms with E-state index in [0.29, 0.717) is 5.75 Å². The van der Waals surface area contributed by atoms with Gasteiger partial charge in [-0.1, -0.05) is 6.07 Å². The molecule has 112 valence electrons. The number of benzene rings is 1. The molecule has 1 fully saturated rings. The van der Waals surface area contributed by atoms with Crippen molar-refractivity contribution in [2.75, 3.05) is 7.11 Å². The quantitative estimate of drug-likeness (QED) is 0.756. The summed E-state index contributed by atoms with van der Waals surface area (Å²) < 4.78 is 11.6. The summed E-state index contributed by atoms with van der Waals surface area (Å²) in [6.45, 7) is 3.62. The molecule has 0 saturated carbocycles.